The minimum Gasteiger partial charge on any atom is -0.340 e. The number of para-hydroxylation sites is 1. The minimum atomic E-state index is -0.378. The van der Waals surface area contributed by atoms with Crippen molar-refractivity contribution < 1.29 is 14.8 Å². The summed E-state index contributed by atoms with van der Waals surface area (Å²) in [5.74, 6) is 0.275. The summed E-state index contributed by atoms with van der Waals surface area (Å²) in [6.07, 6.45) is 5.36. The zero-order chi connectivity index (χ0) is 20.5. The van der Waals surface area contributed by atoms with Gasteiger partial charge in [0.05, 0.1) is 10.4 Å². The van der Waals surface area contributed by atoms with Crippen LogP contribution < -0.4 is 16.1 Å². The number of benzene rings is 1. The summed E-state index contributed by atoms with van der Waals surface area (Å²) in [6, 6.07) is 11.6. The summed E-state index contributed by atoms with van der Waals surface area (Å²) in [7, 11) is 0. The third-order valence-corrected chi connectivity index (χ3v) is 5.27. The highest BCUT2D eigenvalue weighted by atomic mass is 32.1. The van der Waals surface area contributed by atoms with Crippen LogP contribution in [-0.2, 0) is 9.59 Å². The third-order valence-electron chi connectivity index (χ3n) is 4.31. The number of carbonyl (C=O) groups is 2. The molecule has 0 aliphatic carbocycles. The normalized spacial score (nSPS) is 10.7. The highest BCUT2D eigenvalue weighted by Crippen LogP contribution is 2.33. The number of carbonyl (C=O) groups excluding carboxylic acids is 2. The van der Waals surface area contributed by atoms with Gasteiger partial charge in [0.15, 0.2) is 0 Å². The SMILES string of the molecule is O=C(CCCCCCC(=O)Nc1cc2c(Nc3ccccc3)ncnc2s1)NO. The van der Waals surface area contributed by atoms with Crippen LogP contribution in [-0.4, -0.2) is 27.0 Å². The number of thiophene rings is 1. The number of nitrogens with one attached hydrogen (secondary N) is 3. The van der Waals surface area contributed by atoms with Gasteiger partial charge in [-0.1, -0.05) is 42.4 Å². The Morgan fingerprint density at radius 2 is 1.69 bits per heavy atom. The van der Waals surface area contributed by atoms with Crippen molar-refractivity contribution in [3.8, 4) is 0 Å². The number of fused-ring (bicyclic) bond motifs is 1. The Hall–Kier alpha value is -3.04. The number of hydrogen-bond donors (Lipinski definition) is 4. The van der Waals surface area contributed by atoms with E-state index < -0.39 is 0 Å². The van der Waals surface area contributed by atoms with Crippen LogP contribution in [0.2, 0.25) is 0 Å². The maximum absolute atomic E-state index is 12.2. The van der Waals surface area contributed by atoms with E-state index in [1.165, 1.54) is 17.7 Å². The summed E-state index contributed by atoms with van der Waals surface area (Å²) in [4.78, 5) is 32.5. The van der Waals surface area contributed by atoms with E-state index in [0.29, 0.717) is 25.1 Å². The van der Waals surface area contributed by atoms with Gasteiger partial charge in [-0.3, -0.25) is 14.8 Å². The lowest BCUT2D eigenvalue weighted by Gasteiger charge is -2.05. The molecule has 152 valence electrons. The van der Waals surface area contributed by atoms with E-state index in [2.05, 4.69) is 20.6 Å². The lowest BCUT2D eigenvalue weighted by Crippen LogP contribution is -2.17. The molecule has 9 heteroatoms. The van der Waals surface area contributed by atoms with Crippen LogP contribution >= 0.6 is 11.3 Å². The molecule has 0 unspecified atom stereocenters. The van der Waals surface area contributed by atoms with E-state index in [-0.39, 0.29) is 11.8 Å². The van der Waals surface area contributed by atoms with Crippen LogP contribution in [0.15, 0.2) is 42.7 Å². The summed E-state index contributed by atoms with van der Waals surface area (Å²) in [5.41, 5.74) is 2.55. The Bertz CT molecular complexity index is 961. The van der Waals surface area contributed by atoms with Crippen molar-refractivity contribution in [3.63, 3.8) is 0 Å². The predicted molar refractivity (Wildman–Crippen MR) is 113 cm³/mol. The summed E-state index contributed by atoms with van der Waals surface area (Å²) < 4.78 is 0. The first-order chi connectivity index (χ1) is 14.2. The second-order valence-corrected chi connectivity index (χ2v) is 7.57. The first-order valence-electron chi connectivity index (χ1n) is 9.45. The van der Waals surface area contributed by atoms with Crippen molar-refractivity contribution in [3.05, 3.63) is 42.7 Å². The Labute approximate surface area is 172 Å². The molecule has 3 rings (SSSR count). The molecule has 0 spiro atoms. The molecule has 0 atom stereocenters. The summed E-state index contributed by atoms with van der Waals surface area (Å²) >= 11 is 1.41. The molecular formula is C20H23N5O3S. The maximum Gasteiger partial charge on any atom is 0.243 e. The zero-order valence-corrected chi connectivity index (χ0v) is 16.7. The van der Waals surface area contributed by atoms with Crippen molar-refractivity contribution in [2.24, 2.45) is 0 Å². The zero-order valence-electron chi connectivity index (χ0n) is 15.9. The molecule has 0 bridgehead atoms. The van der Waals surface area contributed by atoms with Gasteiger partial charge in [0.1, 0.15) is 17.0 Å². The summed E-state index contributed by atoms with van der Waals surface area (Å²) in [5, 5.41) is 16.2. The largest absolute Gasteiger partial charge is 0.340 e. The fraction of sp³-hybridized carbons (Fsp3) is 0.300. The molecular weight excluding hydrogens is 390 g/mol. The van der Waals surface area contributed by atoms with E-state index in [0.717, 1.165) is 40.2 Å². The molecule has 8 nitrogen and oxygen atoms in total. The van der Waals surface area contributed by atoms with E-state index >= 15 is 0 Å². The van der Waals surface area contributed by atoms with Gasteiger partial charge in [0, 0.05) is 18.5 Å². The molecule has 0 aliphatic heterocycles. The molecule has 4 N–H and O–H groups in total. The number of anilines is 3. The van der Waals surface area contributed by atoms with E-state index in [4.69, 9.17) is 5.21 Å². The van der Waals surface area contributed by atoms with Gasteiger partial charge in [-0.2, -0.15) is 0 Å². The van der Waals surface area contributed by atoms with Crippen LogP contribution in [0.4, 0.5) is 16.5 Å². The maximum atomic E-state index is 12.2. The number of hydrogen-bond acceptors (Lipinski definition) is 7. The first kappa shape index (κ1) is 20.7. The highest BCUT2D eigenvalue weighted by molar-refractivity contribution is 7.22. The molecule has 29 heavy (non-hydrogen) atoms. The molecule has 0 radical (unpaired) electrons. The van der Waals surface area contributed by atoms with Crippen LogP contribution in [0.1, 0.15) is 38.5 Å². The van der Waals surface area contributed by atoms with Gasteiger partial charge in [-0.25, -0.2) is 15.4 Å². The Kier molecular flexibility index (Phi) is 7.48. The fourth-order valence-corrected chi connectivity index (χ4v) is 3.77. The second-order valence-electron chi connectivity index (χ2n) is 6.54. The molecule has 2 heterocycles. The Morgan fingerprint density at radius 3 is 2.41 bits per heavy atom. The molecule has 1 aromatic carbocycles. The average Bonchev–Trinajstić information content (AvgIpc) is 3.14. The lowest BCUT2D eigenvalue weighted by molar-refractivity contribution is -0.129. The molecule has 0 saturated carbocycles. The fourth-order valence-electron chi connectivity index (χ4n) is 2.86. The number of nitrogens with zero attached hydrogens (tertiary/aromatic N) is 2. The third kappa shape index (κ3) is 6.23. The highest BCUT2D eigenvalue weighted by Gasteiger charge is 2.11. The first-order valence-corrected chi connectivity index (χ1v) is 10.3. The Balaban J connectivity index is 1.51. The molecule has 0 fully saturated rings. The van der Waals surface area contributed by atoms with Gasteiger partial charge >= 0.3 is 0 Å². The minimum absolute atomic E-state index is 0.0461. The van der Waals surface area contributed by atoms with E-state index in [9.17, 15) is 9.59 Å². The number of aromatic nitrogens is 2. The van der Waals surface area contributed by atoms with Gasteiger partial charge in [0.2, 0.25) is 11.8 Å². The predicted octanol–water partition coefficient (Wildman–Crippen LogP) is 4.22. The molecule has 0 aliphatic rings. The quantitative estimate of drug-likeness (QED) is 0.225. The van der Waals surface area contributed by atoms with Gasteiger partial charge < -0.3 is 10.6 Å². The van der Waals surface area contributed by atoms with Gasteiger partial charge in [-0.15, -0.1) is 0 Å². The van der Waals surface area contributed by atoms with Crippen molar-refractivity contribution in [1.82, 2.24) is 15.4 Å². The van der Waals surface area contributed by atoms with Crippen molar-refractivity contribution in [1.29, 1.82) is 0 Å². The topological polar surface area (TPSA) is 116 Å². The number of unbranched alkanes of at least 4 members (excludes halogenated alkanes) is 3. The van der Waals surface area contributed by atoms with E-state index in [1.807, 2.05) is 36.4 Å². The van der Waals surface area contributed by atoms with Crippen molar-refractivity contribution >= 4 is 49.9 Å². The van der Waals surface area contributed by atoms with Crippen LogP contribution in [0, 0.1) is 0 Å². The van der Waals surface area contributed by atoms with Crippen LogP contribution in [0.3, 0.4) is 0 Å². The average molecular weight is 414 g/mol. The molecule has 3 aromatic rings. The van der Waals surface area contributed by atoms with Crippen molar-refractivity contribution in [2.75, 3.05) is 10.6 Å². The van der Waals surface area contributed by atoms with Crippen LogP contribution in [0.25, 0.3) is 10.2 Å². The van der Waals surface area contributed by atoms with Crippen LogP contribution in [0.5, 0.6) is 0 Å². The molecule has 2 aromatic heterocycles. The van der Waals surface area contributed by atoms with E-state index in [1.54, 1.807) is 5.48 Å². The standard InChI is InChI=1S/C20H23N5O3S/c26-16(10-6-1-2-7-11-17(27)25-28)24-18-12-15-19(21-13-22-20(15)29-18)23-14-8-4-3-5-9-14/h3-5,8-9,12-13,28H,1-2,6-7,10-11H2,(H,24,26)(H,25,27)(H,21,22,23). The molecule has 0 saturated heterocycles. The number of amides is 2. The van der Waals surface area contributed by atoms with Crippen molar-refractivity contribution in [2.45, 2.75) is 38.5 Å². The Morgan fingerprint density at radius 1 is 0.966 bits per heavy atom. The lowest BCUT2D eigenvalue weighted by atomic mass is 10.1. The summed E-state index contributed by atoms with van der Waals surface area (Å²) in [6.45, 7) is 0. The molecule has 2 amide bonds. The second kappa shape index (κ2) is 10.5. The monoisotopic (exact) mass is 413 g/mol. The van der Waals surface area contributed by atoms with Gasteiger partial charge in [0.25, 0.3) is 0 Å². The smallest absolute Gasteiger partial charge is 0.243 e. The van der Waals surface area contributed by atoms with Gasteiger partial charge in [-0.05, 0) is 31.0 Å². The number of hydroxylamine groups is 1. The number of rotatable bonds is 10.